The van der Waals surface area contributed by atoms with Gasteiger partial charge in [-0.2, -0.15) is 4.37 Å². The minimum absolute atomic E-state index is 0.557. The van der Waals surface area contributed by atoms with E-state index >= 15 is 0 Å². The molecule has 1 N–H and O–H groups in total. The van der Waals surface area contributed by atoms with Gasteiger partial charge in [0, 0.05) is 11.9 Å². The molecule has 0 atom stereocenters. The van der Waals surface area contributed by atoms with Crippen molar-refractivity contribution < 1.29 is 9.47 Å². The molecule has 1 aliphatic rings. The van der Waals surface area contributed by atoms with Crippen LogP contribution in [0.5, 0.6) is 11.5 Å². The van der Waals surface area contributed by atoms with Crippen molar-refractivity contribution in [2.45, 2.75) is 45.3 Å². The van der Waals surface area contributed by atoms with Gasteiger partial charge in [0.1, 0.15) is 23.9 Å². The van der Waals surface area contributed by atoms with E-state index in [0.29, 0.717) is 6.61 Å². The molecule has 0 bridgehead atoms. The van der Waals surface area contributed by atoms with Crippen LogP contribution in [0.25, 0.3) is 10.1 Å². The molecule has 0 spiro atoms. The zero-order valence-corrected chi connectivity index (χ0v) is 19.7. The van der Waals surface area contributed by atoms with Gasteiger partial charge in [0.05, 0.1) is 11.3 Å². The molecule has 0 unspecified atom stereocenters. The molecule has 1 fully saturated rings. The summed E-state index contributed by atoms with van der Waals surface area (Å²) in [5.74, 6) is 3.44. The Morgan fingerprint density at radius 1 is 0.818 bits per heavy atom. The van der Waals surface area contributed by atoms with Crippen LogP contribution in [0.2, 0.25) is 0 Å². The summed E-state index contributed by atoms with van der Waals surface area (Å²) in [5.41, 5.74) is 2.36. The van der Waals surface area contributed by atoms with Crippen LogP contribution in [0, 0.1) is 5.92 Å². The van der Waals surface area contributed by atoms with Gasteiger partial charge >= 0.3 is 0 Å². The highest BCUT2D eigenvalue weighted by Crippen LogP contribution is 2.31. The standard InChI is InChI=1S/C28H30N2O2S/c1-3-7-22(8-4-1)19-31-24-13-11-21(12-14-24)18-29-28-26-17-25(15-16-27(26)33-30-28)32-20-23-9-5-2-6-10-23/h2,5-6,9-17,22H,1,3-4,7-8,18-20H2,(H,29,30). The van der Waals surface area contributed by atoms with Gasteiger partial charge < -0.3 is 14.8 Å². The minimum Gasteiger partial charge on any atom is -0.493 e. The molecule has 0 aliphatic heterocycles. The average molecular weight is 459 g/mol. The molecule has 170 valence electrons. The summed E-state index contributed by atoms with van der Waals surface area (Å²) >= 11 is 1.51. The highest BCUT2D eigenvalue weighted by molar-refractivity contribution is 7.13. The predicted octanol–water partition coefficient (Wildman–Crippen LogP) is 7.45. The number of anilines is 1. The average Bonchev–Trinajstić information content (AvgIpc) is 3.29. The second kappa shape index (κ2) is 10.7. The number of rotatable bonds is 9. The van der Waals surface area contributed by atoms with E-state index in [1.165, 1.54) is 49.2 Å². The summed E-state index contributed by atoms with van der Waals surface area (Å²) in [5, 5.41) is 4.59. The van der Waals surface area contributed by atoms with Gasteiger partial charge in [-0.3, -0.25) is 0 Å². The zero-order valence-electron chi connectivity index (χ0n) is 18.8. The number of hydrogen-bond acceptors (Lipinski definition) is 5. The lowest BCUT2D eigenvalue weighted by Crippen LogP contribution is -2.15. The lowest BCUT2D eigenvalue weighted by molar-refractivity contribution is 0.209. The predicted molar refractivity (Wildman–Crippen MR) is 136 cm³/mol. The molecule has 0 amide bonds. The molecule has 33 heavy (non-hydrogen) atoms. The molecule has 1 saturated carbocycles. The molecule has 1 aromatic heterocycles. The summed E-state index contributed by atoms with van der Waals surface area (Å²) in [6, 6.07) is 24.8. The molecular formula is C28H30N2O2S. The first kappa shape index (κ1) is 21.8. The monoisotopic (exact) mass is 458 g/mol. The Kier molecular flexibility index (Phi) is 7.07. The van der Waals surface area contributed by atoms with E-state index in [1.54, 1.807) is 0 Å². The van der Waals surface area contributed by atoms with Gasteiger partial charge in [0.25, 0.3) is 0 Å². The molecule has 3 aromatic carbocycles. The first-order valence-electron chi connectivity index (χ1n) is 11.9. The number of aromatic nitrogens is 1. The first-order chi connectivity index (χ1) is 16.3. The lowest BCUT2D eigenvalue weighted by atomic mass is 9.90. The van der Waals surface area contributed by atoms with E-state index in [1.807, 2.05) is 24.3 Å². The van der Waals surface area contributed by atoms with Crippen LogP contribution in [0.4, 0.5) is 5.82 Å². The van der Waals surface area contributed by atoms with E-state index in [4.69, 9.17) is 9.47 Å². The van der Waals surface area contributed by atoms with Crippen LogP contribution in [0.3, 0.4) is 0 Å². The SMILES string of the molecule is c1ccc(COc2ccc3snc(NCc4ccc(OCC5CCCCC5)cc4)c3c2)cc1. The number of hydrogen-bond donors (Lipinski definition) is 1. The van der Waals surface area contributed by atoms with Crippen molar-refractivity contribution in [3.8, 4) is 11.5 Å². The normalized spacial score (nSPS) is 14.3. The Labute approximate surface area is 199 Å². The van der Waals surface area contributed by atoms with E-state index in [-0.39, 0.29) is 0 Å². The largest absolute Gasteiger partial charge is 0.493 e. The van der Waals surface area contributed by atoms with Crippen molar-refractivity contribution in [1.82, 2.24) is 4.37 Å². The van der Waals surface area contributed by atoms with Crippen molar-refractivity contribution in [1.29, 1.82) is 0 Å². The topological polar surface area (TPSA) is 43.4 Å². The molecule has 1 heterocycles. The van der Waals surface area contributed by atoms with Crippen LogP contribution in [0.15, 0.2) is 72.8 Å². The minimum atomic E-state index is 0.557. The lowest BCUT2D eigenvalue weighted by Gasteiger charge is -2.21. The molecule has 0 saturated heterocycles. The van der Waals surface area contributed by atoms with E-state index in [2.05, 4.69) is 58.2 Å². The van der Waals surface area contributed by atoms with E-state index in [9.17, 15) is 0 Å². The molecule has 1 aliphatic carbocycles. The first-order valence-corrected chi connectivity index (χ1v) is 12.6. The Balaban J connectivity index is 1.17. The van der Waals surface area contributed by atoms with Crippen LogP contribution in [-0.2, 0) is 13.2 Å². The number of nitrogens with one attached hydrogen (secondary N) is 1. The van der Waals surface area contributed by atoms with Crippen LogP contribution in [0.1, 0.15) is 43.2 Å². The third-order valence-corrected chi connectivity index (χ3v) is 7.11. The fourth-order valence-electron chi connectivity index (χ4n) is 4.33. The molecule has 4 nitrogen and oxygen atoms in total. The van der Waals surface area contributed by atoms with Crippen molar-refractivity contribution in [3.05, 3.63) is 83.9 Å². The fourth-order valence-corrected chi connectivity index (χ4v) is 5.07. The second-order valence-electron chi connectivity index (χ2n) is 8.78. The maximum atomic E-state index is 6.03. The maximum absolute atomic E-state index is 6.03. The summed E-state index contributed by atoms with van der Waals surface area (Å²) in [7, 11) is 0. The van der Waals surface area contributed by atoms with E-state index in [0.717, 1.165) is 52.0 Å². The van der Waals surface area contributed by atoms with Gasteiger partial charge in [-0.05, 0) is 71.8 Å². The van der Waals surface area contributed by atoms with Crippen LogP contribution < -0.4 is 14.8 Å². The molecule has 0 radical (unpaired) electrons. The molecule has 4 aromatic rings. The number of ether oxygens (including phenoxy) is 2. The van der Waals surface area contributed by atoms with Gasteiger partial charge in [-0.25, -0.2) is 0 Å². The van der Waals surface area contributed by atoms with Crippen LogP contribution in [-0.4, -0.2) is 11.0 Å². The summed E-state index contributed by atoms with van der Waals surface area (Å²) < 4.78 is 17.8. The summed E-state index contributed by atoms with van der Waals surface area (Å²) in [6.45, 7) is 2.12. The molecular weight excluding hydrogens is 428 g/mol. The third kappa shape index (κ3) is 5.85. The highest BCUT2D eigenvalue weighted by Gasteiger charge is 2.14. The third-order valence-electron chi connectivity index (χ3n) is 6.28. The second-order valence-corrected chi connectivity index (χ2v) is 9.58. The van der Waals surface area contributed by atoms with E-state index < -0.39 is 0 Å². The molecule has 5 heteroatoms. The number of benzene rings is 3. The molecule has 5 rings (SSSR count). The Morgan fingerprint density at radius 3 is 2.42 bits per heavy atom. The van der Waals surface area contributed by atoms with Gasteiger partial charge in [0.2, 0.25) is 0 Å². The van der Waals surface area contributed by atoms with Crippen LogP contribution >= 0.6 is 11.5 Å². The van der Waals surface area contributed by atoms with Crippen molar-refractivity contribution in [3.63, 3.8) is 0 Å². The quantitative estimate of drug-likeness (QED) is 0.283. The smallest absolute Gasteiger partial charge is 0.147 e. The van der Waals surface area contributed by atoms with Crippen molar-refractivity contribution >= 4 is 27.4 Å². The van der Waals surface area contributed by atoms with Gasteiger partial charge in [0.15, 0.2) is 0 Å². The zero-order chi connectivity index (χ0) is 22.3. The van der Waals surface area contributed by atoms with Gasteiger partial charge in [-0.15, -0.1) is 0 Å². The van der Waals surface area contributed by atoms with Gasteiger partial charge in [-0.1, -0.05) is 61.7 Å². The van der Waals surface area contributed by atoms with Crippen molar-refractivity contribution in [2.75, 3.05) is 11.9 Å². The number of fused-ring (bicyclic) bond motifs is 1. The Bertz CT molecular complexity index is 1150. The summed E-state index contributed by atoms with van der Waals surface area (Å²) in [4.78, 5) is 0. The highest BCUT2D eigenvalue weighted by atomic mass is 32.1. The maximum Gasteiger partial charge on any atom is 0.147 e. The fraction of sp³-hybridized carbons (Fsp3) is 0.321. The Morgan fingerprint density at radius 2 is 1.61 bits per heavy atom. The van der Waals surface area contributed by atoms with Crippen molar-refractivity contribution in [2.24, 2.45) is 5.92 Å². The number of nitrogens with zero attached hydrogens (tertiary/aromatic N) is 1. The Hall–Kier alpha value is -3.05. The summed E-state index contributed by atoms with van der Waals surface area (Å²) in [6.07, 6.45) is 6.70.